The predicted octanol–water partition coefficient (Wildman–Crippen LogP) is 2.22. The normalized spacial score (nSPS) is 22.4. The number of β-lactam (4-membered cyclic amide) rings is 1. The van der Waals surface area contributed by atoms with Crippen molar-refractivity contribution in [3.05, 3.63) is 48.4 Å². The van der Waals surface area contributed by atoms with E-state index in [1.807, 2.05) is 0 Å². The lowest BCUT2D eigenvalue weighted by molar-refractivity contribution is -0.141. The second-order valence-corrected chi connectivity index (χ2v) is 10.1. The van der Waals surface area contributed by atoms with Gasteiger partial charge < -0.3 is 9.73 Å². The highest BCUT2D eigenvalue weighted by atomic mass is 32.2. The first-order chi connectivity index (χ1) is 14.3. The number of furan rings is 1. The van der Waals surface area contributed by atoms with Gasteiger partial charge in [-0.05, 0) is 49.2 Å². The molecule has 1 N–H and O–H groups in total. The molecule has 30 heavy (non-hydrogen) atoms. The second-order valence-electron chi connectivity index (χ2n) is 7.98. The Bertz CT molecular complexity index is 1040. The average molecular weight is 432 g/mol. The van der Waals surface area contributed by atoms with E-state index in [0.29, 0.717) is 11.4 Å². The second kappa shape index (κ2) is 7.55. The van der Waals surface area contributed by atoms with Gasteiger partial charge in [0.1, 0.15) is 5.76 Å². The molecule has 8 nitrogen and oxygen atoms in total. The Balaban J connectivity index is 1.70. The van der Waals surface area contributed by atoms with Gasteiger partial charge in [-0.3, -0.25) is 14.5 Å². The zero-order chi connectivity index (χ0) is 21.5. The minimum absolute atomic E-state index is 0.00316. The number of nitrogens with zero attached hydrogens (tertiary/aromatic N) is 2. The largest absolute Gasteiger partial charge is 0.466 e. The number of hydrogen-bond donors (Lipinski definition) is 1. The zero-order valence-electron chi connectivity index (χ0n) is 17.0. The van der Waals surface area contributed by atoms with Crippen molar-refractivity contribution < 1.29 is 22.4 Å². The van der Waals surface area contributed by atoms with Gasteiger partial charge >= 0.3 is 0 Å². The first-order valence-corrected chi connectivity index (χ1v) is 11.4. The fraction of sp³-hybridized carbons (Fsp3) is 0.429. The van der Waals surface area contributed by atoms with Gasteiger partial charge in [0.2, 0.25) is 15.9 Å². The molecule has 9 heteroatoms. The maximum Gasteiger partial charge on any atom is 0.255 e. The molecule has 1 aliphatic heterocycles. The predicted molar refractivity (Wildman–Crippen MR) is 110 cm³/mol. The van der Waals surface area contributed by atoms with Crippen LogP contribution in [-0.2, 0) is 25.2 Å². The van der Waals surface area contributed by atoms with Crippen molar-refractivity contribution in [1.29, 1.82) is 0 Å². The monoisotopic (exact) mass is 431 g/mol. The first kappa shape index (κ1) is 20.6. The van der Waals surface area contributed by atoms with Gasteiger partial charge in [-0.1, -0.05) is 12.8 Å². The van der Waals surface area contributed by atoms with Crippen LogP contribution in [0.1, 0.15) is 37.9 Å². The van der Waals surface area contributed by atoms with Gasteiger partial charge in [0.25, 0.3) is 5.91 Å². The zero-order valence-corrected chi connectivity index (χ0v) is 17.8. The molecule has 4 rings (SSSR count). The number of anilines is 1. The van der Waals surface area contributed by atoms with Crippen molar-refractivity contribution in [3.63, 3.8) is 0 Å². The Morgan fingerprint density at radius 3 is 2.37 bits per heavy atom. The summed E-state index contributed by atoms with van der Waals surface area (Å²) >= 11 is 0. The maximum absolute atomic E-state index is 13.4. The van der Waals surface area contributed by atoms with Crippen molar-refractivity contribution in [3.8, 4) is 0 Å². The molecule has 2 aromatic rings. The van der Waals surface area contributed by atoms with Crippen molar-refractivity contribution in [2.24, 2.45) is 0 Å². The molecule has 1 aliphatic carbocycles. The first-order valence-electron chi connectivity index (χ1n) is 9.97. The van der Waals surface area contributed by atoms with Crippen LogP contribution < -0.4 is 10.2 Å². The van der Waals surface area contributed by atoms with Crippen LogP contribution in [0.15, 0.2) is 52.0 Å². The fourth-order valence-corrected chi connectivity index (χ4v) is 5.12. The summed E-state index contributed by atoms with van der Waals surface area (Å²) < 4.78 is 31.4. The molecule has 2 aliphatic rings. The summed E-state index contributed by atoms with van der Waals surface area (Å²) in [4.78, 5) is 27.5. The molecule has 1 aromatic heterocycles. The molecule has 160 valence electrons. The molecule has 0 radical (unpaired) electrons. The van der Waals surface area contributed by atoms with Gasteiger partial charge in [0.05, 0.1) is 17.6 Å². The molecular weight excluding hydrogens is 406 g/mol. The number of sulfonamides is 1. The molecule has 2 amide bonds. The minimum atomic E-state index is -3.59. The number of nitrogens with one attached hydrogen (secondary N) is 1. The third kappa shape index (κ3) is 3.22. The topological polar surface area (TPSA) is 99.9 Å². The molecular formula is C21H25N3O5S. The Kier molecular flexibility index (Phi) is 5.19. The van der Waals surface area contributed by atoms with E-state index in [4.69, 9.17) is 4.42 Å². The van der Waals surface area contributed by atoms with Crippen LogP contribution in [0.2, 0.25) is 0 Å². The van der Waals surface area contributed by atoms with Crippen molar-refractivity contribution in [2.75, 3.05) is 19.0 Å². The number of benzene rings is 1. The quantitative estimate of drug-likeness (QED) is 0.707. The molecule has 2 fully saturated rings. The third-order valence-electron chi connectivity index (χ3n) is 5.91. The summed E-state index contributed by atoms with van der Waals surface area (Å²) in [5.74, 6) is -0.104. The van der Waals surface area contributed by atoms with Gasteiger partial charge in [-0.25, -0.2) is 12.7 Å². The highest BCUT2D eigenvalue weighted by Gasteiger charge is 2.60. The number of rotatable bonds is 6. The lowest BCUT2D eigenvalue weighted by atomic mass is 9.79. The summed E-state index contributed by atoms with van der Waals surface area (Å²) in [6.45, 7) is 0. The Labute approximate surface area is 175 Å². The fourth-order valence-electron chi connectivity index (χ4n) is 4.22. The summed E-state index contributed by atoms with van der Waals surface area (Å²) in [6, 6.07) is 9.46. The number of amides is 2. The van der Waals surface area contributed by atoms with E-state index in [1.165, 1.54) is 37.4 Å². The van der Waals surface area contributed by atoms with Gasteiger partial charge in [-0.15, -0.1) is 0 Å². The van der Waals surface area contributed by atoms with E-state index in [2.05, 4.69) is 5.32 Å². The van der Waals surface area contributed by atoms with Crippen LogP contribution >= 0.6 is 0 Å². The van der Waals surface area contributed by atoms with Crippen molar-refractivity contribution >= 4 is 27.5 Å². The lowest BCUT2D eigenvalue weighted by Crippen LogP contribution is -2.69. The number of carbonyl (C=O) groups is 2. The van der Waals surface area contributed by atoms with Gasteiger partial charge in [0.15, 0.2) is 5.54 Å². The van der Waals surface area contributed by atoms with Gasteiger partial charge in [0, 0.05) is 25.8 Å². The average Bonchev–Trinajstić information content (AvgIpc) is 3.40. The lowest BCUT2D eigenvalue weighted by Gasteiger charge is -2.49. The molecule has 1 saturated heterocycles. The van der Waals surface area contributed by atoms with Crippen LogP contribution in [0.25, 0.3) is 0 Å². The van der Waals surface area contributed by atoms with Crippen LogP contribution in [0.4, 0.5) is 5.69 Å². The van der Waals surface area contributed by atoms with Crippen molar-refractivity contribution in [2.45, 2.75) is 48.6 Å². The number of carbonyl (C=O) groups excluding carboxylic acids is 2. The molecule has 0 bridgehead atoms. The summed E-state index contributed by atoms with van der Waals surface area (Å²) in [5.41, 5.74) is -0.826. The molecule has 2 heterocycles. The van der Waals surface area contributed by atoms with Crippen molar-refractivity contribution in [1.82, 2.24) is 9.62 Å². The minimum Gasteiger partial charge on any atom is -0.466 e. The maximum atomic E-state index is 13.4. The van der Waals surface area contributed by atoms with Crippen LogP contribution in [0.5, 0.6) is 0 Å². The van der Waals surface area contributed by atoms with E-state index in [0.717, 1.165) is 30.0 Å². The summed E-state index contributed by atoms with van der Waals surface area (Å²) in [7, 11) is -0.682. The SMILES string of the molecule is CN(C)S(=O)(=O)c1ccc(N2C(=O)CC2(C(=O)NC2CCCC2)c2ccco2)cc1. The van der Waals surface area contributed by atoms with Crippen LogP contribution in [0, 0.1) is 0 Å². The molecule has 1 unspecified atom stereocenters. The van der Waals surface area contributed by atoms with E-state index >= 15 is 0 Å². The van der Waals surface area contributed by atoms with Gasteiger partial charge in [-0.2, -0.15) is 0 Å². The summed E-state index contributed by atoms with van der Waals surface area (Å²) in [5, 5.41) is 3.09. The third-order valence-corrected chi connectivity index (χ3v) is 7.74. The van der Waals surface area contributed by atoms with Crippen LogP contribution in [0.3, 0.4) is 0 Å². The molecule has 1 saturated carbocycles. The van der Waals surface area contributed by atoms with E-state index < -0.39 is 15.6 Å². The molecule has 0 spiro atoms. The Morgan fingerprint density at radius 1 is 1.17 bits per heavy atom. The van der Waals surface area contributed by atoms with E-state index in [9.17, 15) is 18.0 Å². The summed E-state index contributed by atoms with van der Waals surface area (Å²) in [6.07, 6.45) is 5.47. The molecule has 1 atom stereocenters. The highest BCUT2D eigenvalue weighted by molar-refractivity contribution is 7.89. The number of hydrogen-bond acceptors (Lipinski definition) is 5. The van der Waals surface area contributed by atoms with E-state index in [-0.39, 0.29) is 29.2 Å². The molecule has 1 aromatic carbocycles. The smallest absolute Gasteiger partial charge is 0.255 e. The Hall–Kier alpha value is -2.65. The standard InChI is InChI=1S/C21H25N3O5S/c1-23(2)30(27,28)17-11-9-16(10-12-17)24-19(25)14-21(24,18-8-5-13-29-18)20(26)22-15-6-3-4-7-15/h5,8-13,15H,3-4,6-7,14H2,1-2H3,(H,22,26). The Morgan fingerprint density at radius 2 is 1.83 bits per heavy atom. The van der Waals surface area contributed by atoms with E-state index in [1.54, 1.807) is 24.3 Å². The highest BCUT2D eigenvalue weighted by Crippen LogP contribution is 2.45. The van der Waals surface area contributed by atoms with Crippen LogP contribution in [-0.4, -0.2) is 44.7 Å².